The van der Waals surface area contributed by atoms with Gasteiger partial charge in [0, 0.05) is 30.2 Å². The number of nitrogens with one attached hydrogen (secondary N) is 1. The molecule has 0 bridgehead atoms. The lowest BCUT2D eigenvalue weighted by atomic mass is 10.1. The normalized spacial score (nSPS) is 10.5. The SMILES string of the molecule is O=c1c(NCc2ccccc2)cc(-c2ccccn2)cn1-c1ccccc1. The van der Waals surface area contributed by atoms with Crippen LogP contribution in [0.5, 0.6) is 0 Å². The summed E-state index contributed by atoms with van der Waals surface area (Å²) in [4.78, 5) is 17.5. The molecule has 4 nitrogen and oxygen atoms in total. The predicted octanol–water partition coefficient (Wildman–Crippen LogP) is 4.51. The van der Waals surface area contributed by atoms with E-state index < -0.39 is 0 Å². The van der Waals surface area contributed by atoms with Gasteiger partial charge in [0.2, 0.25) is 0 Å². The van der Waals surface area contributed by atoms with Crippen LogP contribution in [0.4, 0.5) is 5.69 Å². The molecule has 0 aliphatic rings. The third kappa shape index (κ3) is 3.80. The van der Waals surface area contributed by atoms with Crippen LogP contribution < -0.4 is 10.9 Å². The van der Waals surface area contributed by atoms with Crippen LogP contribution in [-0.2, 0) is 6.54 Å². The average Bonchev–Trinajstić information content (AvgIpc) is 2.75. The van der Waals surface area contributed by atoms with Crippen molar-refractivity contribution in [3.8, 4) is 16.9 Å². The van der Waals surface area contributed by atoms with E-state index in [1.807, 2.05) is 91.1 Å². The minimum Gasteiger partial charge on any atom is -0.376 e. The van der Waals surface area contributed by atoms with Gasteiger partial charge in [-0.05, 0) is 35.9 Å². The number of para-hydroxylation sites is 1. The molecule has 0 aliphatic carbocycles. The molecular weight excluding hydrogens is 334 g/mol. The van der Waals surface area contributed by atoms with Crippen molar-refractivity contribution in [3.63, 3.8) is 0 Å². The van der Waals surface area contributed by atoms with Crippen LogP contribution in [0.25, 0.3) is 16.9 Å². The molecule has 4 rings (SSSR count). The molecule has 0 amide bonds. The van der Waals surface area contributed by atoms with Gasteiger partial charge in [0.15, 0.2) is 0 Å². The molecule has 0 radical (unpaired) electrons. The van der Waals surface area contributed by atoms with Crippen molar-refractivity contribution >= 4 is 5.69 Å². The Labute approximate surface area is 157 Å². The number of hydrogen-bond acceptors (Lipinski definition) is 3. The number of pyridine rings is 2. The number of hydrogen-bond donors (Lipinski definition) is 1. The smallest absolute Gasteiger partial charge is 0.278 e. The topological polar surface area (TPSA) is 46.9 Å². The Balaban J connectivity index is 1.78. The number of anilines is 1. The van der Waals surface area contributed by atoms with Gasteiger partial charge in [0.25, 0.3) is 5.56 Å². The molecule has 0 saturated heterocycles. The summed E-state index contributed by atoms with van der Waals surface area (Å²) < 4.78 is 1.66. The average molecular weight is 353 g/mol. The zero-order valence-electron chi connectivity index (χ0n) is 14.7. The summed E-state index contributed by atoms with van der Waals surface area (Å²) in [6.07, 6.45) is 3.60. The van der Waals surface area contributed by atoms with Crippen LogP contribution in [0.1, 0.15) is 5.56 Å². The van der Waals surface area contributed by atoms with Gasteiger partial charge in [0.05, 0.1) is 5.69 Å². The second-order valence-corrected chi connectivity index (χ2v) is 6.21. The lowest BCUT2D eigenvalue weighted by molar-refractivity contribution is 0.981. The molecule has 1 N–H and O–H groups in total. The van der Waals surface area contributed by atoms with Crippen molar-refractivity contribution in [3.05, 3.63) is 113 Å². The third-order valence-corrected chi connectivity index (χ3v) is 4.34. The van der Waals surface area contributed by atoms with Gasteiger partial charge in [-0.2, -0.15) is 0 Å². The van der Waals surface area contributed by atoms with Gasteiger partial charge in [-0.1, -0.05) is 54.6 Å². The Morgan fingerprint density at radius 2 is 1.56 bits per heavy atom. The molecule has 4 aromatic rings. The highest BCUT2D eigenvalue weighted by Gasteiger charge is 2.10. The first kappa shape index (κ1) is 16.8. The zero-order valence-corrected chi connectivity index (χ0v) is 14.7. The molecule has 0 aliphatic heterocycles. The highest BCUT2D eigenvalue weighted by molar-refractivity contribution is 5.64. The highest BCUT2D eigenvalue weighted by Crippen LogP contribution is 2.20. The van der Waals surface area contributed by atoms with Crippen molar-refractivity contribution in [2.45, 2.75) is 6.54 Å². The van der Waals surface area contributed by atoms with Crippen molar-refractivity contribution in [1.82, 2.24) is 9.55 Å². The van der Waals surface area contributed by atoms with Gasteiger partial charge in [-0.3, -0.25) is 14.3 Å². The first-order valence-electron chi connectivity index (χ1n) is 8.82. The summed E-state index contributed by atoms with van der Waals surface area (Å²) in [5.41, 5.74) is 4.11. The molecular formula is C23H19N3O. The van der Waals surface area contributed by atoms with E-state index in [1.165, 1.54) is 0 Å². The summed E-state index contributed by atoms with van der Waals surface area (Å²) in [5.74, 6) is 0. The van der Waals surface area contributed by atoms with E-state index in [1.54, 1.807) is 10.8 Å². The van der Waals surface area contributed by atoms with E-state index in [9.17, 15) is 4.79 Å². The fourth-order valence-electron chi connectivity index (χ4n) is 2.96. The van der Waals surface area contributed by atoms with Crippen molar-refractivity contribution in [2.75, 3.05) is 5.32 Å². The van der Waals surface area contributed by atoms with E-state index in [0.717, 1.165) is 22.5 Å². The maximum absolute atomic E-state index is 13.1. The fraction of sp³-hybridized carbons (Fsp3) is 0.0435. The van der Waals surface area contributed by atoms with E-state index >= 15 is 0 Å². The molecule has 4 heteroatoms. The molecule has 0 unspecified atom stereocenters. The van der Waals surface area contributed by atoms with Gasteiger partial charge in [0.1, 0.15) is 5.69 Å². The minimum absolute atomic E-state index is 0.0863. The Morgan fingerprint density at radius 1 is 0.852 bits per heavy atom. The Kier molecular flexibility index (Phi) is 4.79. The summed E-state index contributed by atoms with van der Waals surface area (Å²) >= 11 is 0. The van der Waals surface area contributed by atoms with Crippen LogP contribution in [0.15, 0.2) is 102 Å². The molecule has 0 spiro atoms. The van der Waals surface area contributed by atoms with Crippen molar-refractivity contribution in [2.24, 2.45) is 0 Å². The summed E-state index contributed by atoms with van der Waals surface area (Å²) in [6, 6.07) is 27.3. The second-order valence-electron chi connectivity index (χ2n) is 6.21. The van der Waals surface area contributed by atoms with E-state index in [4.69, 9.17) is 0 Å². The van der Waals surface area contributed by atoms with E-state index in [2.05, 4.69) is 10.3 Å². The van der Waals surface area contributed by atoms with Crippen LogP contribution in [0, 0.1) is 0 Å². The number of nitrogens with zero attached hydrogens (tertiary/aromatic N) is 2. The lowest BCUT2D eigenvalue weighted by Crippen LogP contribution is -2.22. The van der Waals surface area contributed by atoms with Gasteiger partial charge < -0.3 is 5.32 Å². The first-order chi connectivity index (χ1) is 13.3. The van der Waals surface area contributed by atoms with Crippen LogP contribution in [-0.4, -0.2) is 9.55 Å². The van der Waals surface area contributed by atoms with Crippen LogP contribution >= 0.6 is 0 Å². The van der Waals surface area contributed by atoms with Crippen LogP contribution in [0.2, 0.25) is 0 Å². The Bertz CT molecular complexity index is 1070. The number of rotatable bonds is 5. The van der Waals surface area contributed by atoms with Crippen LogP contribution in [0.3, 0.4) is 0 Å². The van der Waals surface area contributed by atoms with Crippen molar-refractivity contribution in [1.29, 1.82) is 0 Å². The molecule has 2 aromatic heterocycles. The second kappa shape index (κ2) is 7.70. The summed E-state index contributed by atoms with van der Waals surface area (Å²) in [5, 5.41) is 3.29. The molecule has 0 fully saturated rings. The molecule has 0 saturated carbocycles. The predicted molar refractivity (Wildman–Crippen MR) is 109 cm³/mol. The first-order valence-corrected chi connectivity index (χ1v) is 8.82. The highest BCUT2D eigenvalue weighted by atomic mass is 16.1. The molecule has 2 aromatic carbocycles. The standard InChI is InChI=1S/C23H19N3O/c27-23-22(25-16-18-9-3-1-4-10-18)15-19(21-13-7-8-14-24-21)17-26(23)20-11-5-2-6-12-20/h1-15,17,25H,16H2. The molecule has 0 atom stereocenters. The third-order valence-electron chi connectivity index (χ3n) is 4.34. The van der Waals surface area contributed by atoms with Gasteiger partial charge in [-0.25, -0.2) is 0 Å². The summed E-state index contributed by atoms with van der Waals surface area (Å²) in [7, 11) is 0. The Hall–Kier alpha value is -3.66. The fourth-order valence-corrected chi connectivity index (χ4v) is 2.96. The Morgan fingerprint density at radius 3 is 2.26 bits per heavy atom. The van der Waals surface area contributed by atoms with E-state index in [-0.39, 0.29) is 5.56 Å². The quantitative estimate of drug-likeness (QED) is 0.574. The molecule has 132 valence electrons. The monoisotopic (exact) mass is 353 g/mol. The maximum Gasteiger partial charge on any atom is 0.278 e. The molecule has 2 heterocycles. The lowest BCUT2D eigenvalue weighted by Gasteiger charge is -2.13. The van der Waals surface area contributed by atoms with Gasteiger partial charge in [-0.15, -0.1) is 0 Å². The number of aromatic nitrogens is 2. The van der Waals surface area contributed by atoms with Crippen molar-refractivity contribution < 1.29 is 0 Å². The molecule has 27 heavy (non-hydrogen) atoms. The van der Waals surface area contributed by atoms with Gasteiger partial charge >= 0.3 is 0 Å². The van der Waals surface area contributed by atoms with E-state index in [0.29, 0.717) is 12.2 Å². The largest absolute Gasteiger partial charge is 0.376 e. The maximum atomic E-state index is 13.1. The minimum atomic E-state index is -0.0863. The zero-order chi connectivity index (χ0) is 18.5. The summed E-state index contributed by atoms with van der Waals surface area (Å²) in [6.45, 7) is 0.580. The number of benzene rings is 2.